The molecule has 5 nitrogen and oxygen atoms in total. The van der Waals surface area contributed by atoms with Gasteiger partial charge >= 0.3 is 0 Å². The number of hydrogen-bond acceptors (Lipinski definition) is 3. The van der Waals surface area contributed by atoms with Crippen molar-refractivity contribution < 1.29 is 9.59 Å². The maximum atomic E-state index is 12.1. The smallest absolute Gasteiger partial charge is 0.240 e. The van der Waals surface area contributed by atoms with Crippen LogP contribution in [-0.2, 0) is 16.0 Å². The van der Waals surface area contributed by atoms with Crippen molar-refractivity contribution in [1.82, 2.24) is 10.2 Å². The van der Waals surface area contributed by atoms with Crippen LogP contribution in [0.2, 0.25) is 0 Å². The Bertz CT molecular complexity index is 460. The number of carbonyl (C=O) groups is 2. The van der Waals surface area contributed by atoms with Gasteiger partial charge in [-0.1, -0.05) is 44.2 Å². The average Bonchev–Trinajstić information content (AvgIpc) is 2.45. The van der Waals surface area contributed by atoms with Crippen LogP contribution in [0.4, 0.5) is 0 Å². The van der Waals surface area contributed by atoms with E-state index in [1.165, 1.54) is 4.90 Å². The minimum Gasteiger partial charge on any atom is -0.354 e. The Morgan fingerprint density at radius 1 is 1.24 bits per heavy atom. The van der Waals surface area contributed by atoms with Crippen molar-refractivity contribution in [3.05, 3.63) is 35.9 Å². The molecule has 21 heavy (non-hydrogen) atoms. The Hall–Kier alpha value is -1.88. The first-order valence-electron chi connectivity index (χ1n) is 7.21. The second kappa shape index (κ2) is 8.42. The van der Waals surface area contributed by atoms with Gasteiger partial charge in [-0.2, -0.15) is 0 Å². The largest absolute Gasteiger partial charge is 0.354 e. The molecule has 0 saturated carbocycles. The Kier molecular flexibility index (Phi) is 6.88. The van der Waals surface area contributed by atoms with Gasteiger partial charge in [0.05, 0.1) is 12.6 Å². The maximum Gasteiger partial charge on any atom is 0.240 e. The lowest BCUT2D eigenvalue weighted by Gasteiger charge is -2.21. The van der Waals surface area contributed by atoms with Crippen molar-refractivity contribution >= 4 is 11.8 Å². The summed E-state index contributed by atoms with van der Waals surface area (Å²) >= 11 is 0. The van der Waals surface area contributed by atoms with Gasteiger partial charge in [0.2, 0.25) is 11.8 Å². The van der Waals surface area contributed by atoms with Crippen LogP contribution in [0, 0.1) is 5.92 Å². The molecular weight excluding hydrogens is 266 g/mol. The fourth-order valence-corrected chi connectivity index (χ4v) is 1.91. The molecule has 0 radical (unpaired) electrons. The number of rotatable bonds is 7. The summed E-state index contributed by atoms with van der Waals surface area (Å²) in [6.45, 7) is 4.68. The molecule has 3 N–H and O–H groups in total. The molecule has 0 aliphatic carbocycles. The zero-order valence-corrected chi connectivity index (χ0v) is 13.0. The Balaban J connectivity index is 2.44. The van der Waals surface area contributed by atoms with Crippen LogP contribution in [0.5, 0.6) is 0 Å². The highest BCUT2D eigenvalue weighted by atomic mass is 16.2. The van der Waals surface area contributed by atoms with Gasteiger partial charge in [0.1, 0.15) is 0 Å². The van der Waals surface area contributed by atoms with E-state index < -0.39 is 6.04 Å². The van der Waals surface area contributed by atoms with E-state index in [9.17, 15) is 9.59 Å². The van der Waals surface area contributed by atoms with Crippen molar-refractivity contribution in [1.29, 1.82) is 0 Å². The number of amides is 2. The number of likely N-dealkylation sites (N-methyl/N-ethyl adjacent to an activating group) is 1. The molecule has 0 bridgehead atoms. The molecule has 1 unspecified atom stereocenters. The number of nitrogens with two attached hydrogens (primary N) is 1. The summed E-state index contributed by atoms with van der Waals surface area (Å²) < 4.78 is 0. The molecule has 0 heterocycles. The lowest BCUT2D eigenvalue weighted by atomic mass is 10.1. The van der Waals surface area contributed by atoms with E-state index in [0.717, 1.165) is 5.56 Å². The molecule has 5 heteroatoms. The third kappa shape index (κ3) is 6.40. The number of benzene rings is 1. The third-order valence-corrected chi connectivity index (χ3v) is 3.08. The lowest BCUT2D eigenvalue weighted by molar-refractivity contribution is -0.135. The van der Waals surface area contributed by atoms with E-state index in [1.54, 1.807) is 7.05 Å². The molecule has 116 valence electrons. The SMILES string of the molecule is CC(C)CNC(=O)CN(C)C(=O)C(N)Cc1ccccc1. The van der Waals surface area contributed by atoms with Gasteiger partial charge in [-0.25, -0.2) is 0 Å². The number of nitrogens with one attached hydrogen (secondary N) is 1. The van der Waals surface area contributed by atoms with Crippen LogP contribution in [0.25, 0.3) is 0 Å². The topological polar surface area (TPSA) is 75.4 Å². The Morgan fingerprint density at radius 3 is 2.43 bits per heavy atom. The van der Waals surface area contributed by atoms with Gasteiger partial charge in [-0.15, -0.1) is 0 Å². The van der Waals surface area contributed by atoms with E-state index in [1.807, 2.05) is 44.2 Å². The van der Waals surface area contributed by atoms with E-state index in [2.05, 4.69) is 5.32 Å². The summed E-state index contributed by atoms with van der Waals surface area (Å²) in [5.74, 6) is 0.000284. The van der Waals surface area contributed by atoms with Crippen LogP contribution >= 0.6 is 0 Å². The highest BCUT2D eigenvalue weighted by Gasteiger charge is 2.20. The standard InChI is InChI=1S/C16H25N3O2/c1-12(2)10-18-15(20)11-19(3)16(21)14(17)9-13-7-5-4-6-8-13/h4-8,12,14H,9-11,17H2,1-3H3,(H,18,20). The van der Waals surface area contributed by atoms with Crippen LogP contribution in [0.15, 0.2) is 30.3 Å². The van der Waals surface area contributed by atoms with Crippen molar-refractivity contribution in [2.24, 2.45) is 11.7 Å². The first-order chi connectivity index (χ1) is 9.90. The van der Waals surface area contributed by atoms with Crippen LogP contribution in [0.3, 0.4) is 0 Å². The van der Waals surface area contributed by atoms with E-state index >= 15 is 0 Å². The molecule has 0 fully saturated rings. The molecule has 0 aromatic heterocycles. The van der Waals surface area contributed by atoms with Crippen molar-refractivity contribution in [3.63, 3.8) is 0 Å². The average molecular weight is 291 g/mol. The predicted octanol–water partition coefficient (Wildman–Crippen LogP) is 0.787. The zero-order valence-electron chi connectivity index (χ0n) is 13.0. The van der Waals surface area contributed by atoms with E-state index in [0.29, 0.717) is 18.9 Å². The minimum atomic E-state index is -0.629. The highest BCUT2D eigenvalue weighted by Crippen LogP contribution is 2.03. The van der Waals surface area contributed by atoms with Crippen molar-refractivity contribution in [3.8, 4) is 0 Å². The Labute approximate surface area is 126 Å². The number of carbonyl (C=O) groups excluding carboxylic acids is 2. The van der Waals surface area contributed by atoms with Crippen molar-refractivity contribution in [2.75, 3.05) is 20.1 Å². The monoisotopic (exact) mass is 291 g/mol. The molecule has 0 saturated heterocycles. The molecule has 0 spiro atoms. The molecule has 1 rings (SSSR count). The third-order valence-electron chi connectivity index (χ3n) is 3.08. The van der Waals surface area contributed by atoms with Gasteiger partial charge in [0.15, 0.2) is 0 Å². The van der Waals surface area contributed by atoms with Crippen LogP contribution in [0.1, 0.15) is 19.4 Å². The molecular formula is C16H25N3O2. The molecule has 1 aromatic rings. The number of nitrogens with zero attached hydrogens (tertiary/aromatic N) is 1. The van der Waals surface area contributed by atoms with Crippen LogP contribution < -0.4 is 11.1 Å². The molecule has 0 aliphatic rings. The van der Waals surface area contributed by atoms with E-state index in [4.69, 9.17) is 5.73 Å². The summed E-state index contributed by atoms with van der Waals surface area (Å²) in [5.41, 5.74) is 6.94. The normalized spacial score (nSPS) is 12.0. The summed E-state index contributed by atoms with van der Waals surface area (Å²) in [6, 6.07) is 8.98. The highest BCUT2D eigenvalue weighted by molar-refractivity contribution is 5.87. The fraction of sp³-hybridized carbons (Fsp3) is 0.500. The maximum absolute atomic E-state index is 12.1. The minimum absolute atomic E-state index is 0.0358. The summed E-state index contributed by atoms with van der Waals surface area (Å²) in [6.07, 6.45) is 0.470. The zero-order chi connectivity index (χ0) is 15.8. The fourth-order valence-electron chi connectivity index (χ4n) is 1.91. The first-order valence-corrected chi connectivity index (χ1v) is 7.21. The Morgan fingerprint density at radius 2 is 1.86 bits per heavy atom. The van der Waals surface area contributed by atoms with Crippen LogP contribution in [-0.4, -0.2) is 42.9 Å². The van der Waals surface area contributed by atoms with Gasteiger partial charge in [-0.05, 0) is 17.9 Å². The second-order valence-corrected chi connectivity index (χ2v) is 5.69. The molecule has 1 atom stereocenters. The lowest BCUT2D eigenvalue weighted by Crippen LogP contribution is -2.47. The van der Waals surface area contributed by atoms with Gasteiger partial charge in [0, 0.05) is 13.6 Å². The molecule has 2 amide bonds. The van der Waals surface area contributed by atoms with Gasteiger partial charge in [0.25, 0.3) is 0 Å². The first kappa shape index (κ1) is 17.2. The van der Waals surface area contributed by atoms with E-state index in [-0.39, 0.29) is 18.4 Å². The summed E-state index contributed by atoms with van der Waals surface area (Å²) in [5, 5.41) is 2.78. The predicted molar refractivity (Wildman–Crippen MR) is 83.6 cm³/mol. The second-order valence-electron chi connectivity index (χ2n) is 5.69. The number of hydrogen-bond donors (Lipinski definition) is 2. The molecule has 1 aromatic carbocycles. The van der Waals surface area contributed by atoms with Gasteiger partial charge in [-0.3, -0.25) is 9.59 Å². The summed E-state index contributed by atoms with van der Waals surface area (Å²) in [4.78, 5) is 25.2. The van der Waals surface area contributed by atoms with Gasteiger partial charge < -0.3 is 16.0 Å². The summed E-state index contributed by atoms with van der Waals surface area (Å²) in [7, 11) is 1.60. The molecule has 0 aliphatic heterocycles. The van der Waals surface area contributed by atoms with Crippen molar-refractivity contribution in [2.45, 2.75) is 26.3 Å². The quantitative estimate of drug-likeness (QED) is 0.780.